The van der Waals surface area contributed by atoms with Crippen LogP contribution in [0.5, 0.6) is 0 Å². The lowest BCUT2D eigenvalue weighted by atomic mass is 10.1. The van der Waals surface area contributed by atoms with Crippen LogP contribution in [0.3, 0.4) is 0 Å². The third kappa shape index (κ3) is 7.15. The van der Waals surface area contributed by atoms with E-state index in [1.807, 2.05) is 6.92 Å². The molecule has 1 aliphatic rings. The maximum Gasteiger partial charge on any atom is 0.253 e. The molecule has 0 radical (unpaired) electrons. The fourth-order valence-electron chi connectivity index (χ4n) is 1.85. The molecule has 21 heavy (non-hydrogen) atoms. The highest BCUT2D eigenvalue weighted by Gasteiger charge is 2.23. The van der Waals surface area contributed by atoms with Crippen molar-refractivity contribution in [1.29, 1.82) is 0 Å². The van der Waals surface area contributed by atoms with Crippen molar-refractivity contribution < 1.29 is 23.9 Å². The molecule has 6 nitrogen and oxygen atoms in total. The molecule has 1 rings (SSSR count). The van der Waals surface area contributed by atoms with Crippen LogP contribution in [0, 0.1) is 0 Å². The van der Waals surface area contributed by atoms with E-state index < -0.39 is 0 Å². The van der Waals surface area contributed by atoms with Gasteiger partial charge in [0.15, 0.2) is 0 Å². The van der Waals surface area contributed by atoms with Crippen molar-refractivity contribution in [3.05, 3.63) is 12.2 Å². The Labute approximate surface area is 125 Å². The van der Waals surface area contributed by atoms with Crippen molar-refractivity contribution in [2.45, 2.75) is 32.6 Å². The zero-order chi connectivity index (χ0) is 15.5. The smallest absolute Gasteiger partial charge is 0.253 e. The highest BCUT2D eigenvalue weighted by atomic mass is 16.5. The Hall–Kier alpha value is -1.53. The summed E-state index contributed by atoms with van der Waals surface area (Å²) in [5, 5.41) is 0. The number of carbonyl (C=O) groups excluding carboxylic acids is 3. The first-order valence-corrected chi connectivity index (χ1v) is 7.36. The lowest BCUT2D eigenvalue weighted by molar-refractivity contribution is -0.137. The topological polar surface area (TPSA) is 72.9 Å². The molecular weight excluding hydrogens is 274 g/mol. The summed E-state index contributed by atoms with van der Waals surface area (Å²) in [4.78, 5) is 35.3. The Morgan fingerprint density at radius 1 is 1.00 bits per heavy atom. The van der Waals surface area contributed by atoms with Gasteiger partial charge in [-0.2, -0.15) is 0 Å². The number of amides is 2. The molecule has 0 saturated carbocycles. The molecule has 0 fully saturated rings. The zero-order valence-electron chi connectivity index (χ0n) is 12.5. The Kier molecular flexibility index (Phi) is 8.54. The molecule has 0 aliphatic carbocycles. The van der Waals surface area contributed by atoms with Crippen LogP contribution in [-0.2, 0) is 23.9 Å². The Morgan fingerprint density at radius 2 is 1.62 bits per heavy atom. The highest BCUT2D eigenvalue weighted by Crippen LogP contribution is 2.06. The number of ether oxygens (including phenoxy) is 2. The highest BCUT2D eigenvalue weighted by molar-refractivity contribution is 6.13. The summed E-state index contributed by atoms with van der Waals surface area (Å²) in [6, 6.07) is 0. The van der Waals surface area contributed by atoms with Gasteiger partial charge in [-0.1, -0.05) is 6.92 Å². The van der Waals surface area contributed by atoms with E-state index in [-0.39, 0.29) is 30.6 Å². The van der Waals surface area contributed by atoms with E-state index in [1.165, 1.54) is 12.2 Å². The summed E-state index contributed by atoms with van der Waals surface area (Å²) < 4.78 is 10.6. The van der Waals surface area contributed by atoms with Gasteiger partial charge in [-0.05, 0) is 12.8 Å². The summed E-state index contributed by atoms with van der Waals surface area (Å²) >= 11 is 0. The Balaban J connectivity index is 1.97. The van der Waals surface area contributed by atoms with Crippen LogP contribution >= 0.6 is 0 Å². The van der Waals surface area contributed by atoms with Gasteiger partial charge in [0.05, 0.1) is 13.2 Å². The van der Waals surface area contributed by atoms with Gasteiger partial charge in [0.1, 0.15) is 5.78 Å². The first kappa shape index (κ1) is 17.5. The fraction of sp³-hybridized carbons (Fsp3) is 0.667. The summed E-state index contributed by atoms with van der Waals surface area (Å²) in [6.07, 6.45) is 4.69. The predicted octanol–water partition coefficient (Wildman–Crippen LogP) is 1.09. The van der Waals surface area contributed by atoms with E-state index in [2.05, 4.69) is 0 Å². The maximum atomic E-state index is 11.6. The van der Waals surface area contributed by atoms with Crippen LogP contribution in [0.1, 0.15) is 32.6 Å². The molecule has 0 N–H and O–H groups in total. The van der Waals surface area contributed by atoms with Crippen molar-refractivity contribution in [2.24, 2.45) is 0 Å². The lowest BCUT2D eigenvalue weighted by Gasteiger charge is -2.12. The number of hydrogen-bond acceptors (Lipinski definition) is 5. The predicted molar refractivity (Wildman–Crippen MR) is 76.6 cm³/mol. The third-order valence-corrected chi connectivity index (χ3v) is 2.98. The summed E-state index contributed by atoms with van der Waals surface area (Å²) in [5.41, 5.74) is 0. The minimum atomic E-state index is -0.344. The normalized spacial score (nSPS) is 14.2. The second kappa shape index (κ2) is 10.2. The second-order valence-corrected chi connectivity index (χ2v) is 4.78. The molecule has 0 aromatic heterocycles. The first-order chi connectivity index (χ1) is 10.1. The second-order valence-electron chi connectivity index (χ2n) is 4.78. The van der Waals surface area contributed by atoms with Crippen molar-refractivity contribution in [1.82, 2.24) is 4.90 Å². The maximum absolute atomic E-state index is 11.6. The van der Waals surface area contributed by atoms with Crippen LogP contribution in [0.25, 0.3) is 0 Å². The molecule has 1 heterocycles. The van der Waals surface area contributed by atoms with Gasteiger partial charge >= 0.3 is 0 Å². The first-order valence-electron chi connectivity index (χ1n) is 7.36. The lowest BCUT2D eigenvalue weighted by Crippen LogP contribution is -2.32. The number of hydrogen-bond donors (Lipinski definition) is 0. The van der Waals surface area contributed by atoms with E-state index in [9.17, 15) is 14.4 Å². The number of carbonyl (C=O) groups is 3. The number of rotatable bonds is 12. The third-order valence-electron chi connectivity index (χ3n) is 2.98. The minimum Gasteiger partial charge on any atom is -0.379 e. The van der Waals surface area contributed by atoms with Gasteiger partial charge in [-0.25, -0.2) is 0 Å². The number of ketones is 1. The monoisotopic (exact) mass is 297 g/mol. The Bertz CT molecular complexity index is 374. The van der Waals surface area contributed by atoms with E-state index in [1.54, 1.807) is 0 Å². The van der Waals surface area contributed by atoms with Gasteiger partial charge in [-0.15, -0.1) is 0 Å². The van der Waals surface area contributed by atoms with Gasteiger partial charge in [0, 0.05) is 44.8 Å². The fourth-order valence-corrected chi connectivity index (χ4v) is 1.85. The van der Waals surface area contributed by atoms with Crippen molar-refractivity contribution >= 4 is 17.6 Å². The SMILES string of the molecule is CCCOCCOCCCC(=O)CCN1C(=O)C=CC1=O. The average Bonchev–Trinajstić information content (AvgIpc) is 2.78. The molecule has 0 unspecified atom stereocenters. The summed E-state index contributed by atoms with van der Waals surface area (Å²) in [7, 11) is 0. The molecule has 118 valence electrons. The van der Waals surface area contributed by atoms with Crippen LogP contribution in [0.2, 0.25) is 0 Å². The van der Waals surface area contributed by atoms with Gasteiger partial charge in [0.25, 0.3) is 11.8 Å². The van der Waals surface area contributed by atoms with E-state index in [0.29, 0.717) is 32.7 Å². The molecular formula is C15H23NO5. The van der Waals surface area contributed by atoms with Crippen LogP contribution in [0.15, 0.2) is 12.2 Å². The van der Waals surface area contributed by atoms with Gasteiger partial charge in [0.2, 0.25) is 0 Å². The van der Waals surface area contributed by atoms with Gasteiger partial charge < -0.3 is 9.47 Å². The minimum absolute atomic E-state index is 0.0355. The van der Waals surface area contributed by atoms with Crippen molar-refractivity contribution in [3.63, 3.8) is 0 Å². The molecule has 0 atom stereocenters. The van der Waals surface area contributed by atoms with Gasteiger partial charge in [-0.3, -0.25) is 19.3 Å². The molecule has 0 bridgehead atoms. The van der Waals surface area contributed by atoms with Crippen molar-refractivity contribution in [3.8, 4) is 0 Å². The zero-order valence-corrected chi connectivity index (χ0v) is 12.5. The van der Waals surface area contributed by atoms with Crippen LogP contribution in [-0.4, -0.2) is 55.5 Å². The number of Topliss-reactive ketones (excluding diaryl/α,β-unsaturated/α-hetero) is 1. The molecule has 0 spiro atoms. The van der Waals surface area contributed by atoms with Crippen molar-refractivity contribution in [2.75, 3.05) is 33.0 Å². The average molecular weight is 297 g/mol. The van der Waals surface area contributed by atoms with E-state index >= 15 is 0 Å². The van der Waals surface area contributed by atoms with E-state index in [4.69, 9.17) is 9.47 Å². The summed E-state index contributed by atoms with van der Waals surface area (Å²) in [6.45, 7) is 4.58. The molecule has 0 aromatic carbocycles. The molecule has 2 amide bonds. The number of imide groups is 1. The van der Waals surface area contributed by atoms with Crippen LogP contribution in [0.4, 0.5) is 0 Å². The summed E-state index contributed by atoms with van der Waals surface area (Å²) in [5.74, 6) is -0.653. The van der Waals surface area contributed by atoms with Crippen LogP contribution < -0.4 is 0 Å². The largest absolute Gasteiger partial charge is 0.379 e. The number of nitrogens with zero attached hydrogens (tertiary/aromatic N) is 1. The van der Waals surface area contributed by atoms with E-state index in [0.717, 1.165) is 17.9 Å². The Morgan fingerprint density at radius 3 is 2.24 bits per heavy atom. The standard InChI is InChI=1S/C15H23NO5/c1-2-9-20-11-12-21-10-3-4-13(17)7-8-16-14(18)5-6-15(16)19/h5-6H,2-4,7-12H2,1H3. The molecule has 0 aromatic rings. The molecule has 0 saturated heterocycles. The molecule has 6 heteroatoms. The molecule has 1 aliphatic heterocycles. The quantitative estimate of drug-likeness (QED) is 0.398.